The lowest BCUT2D eigenvalue weighted by Crippen LogP contribution is -2.47. The standard InChI is InChI=1S/C16H24N2O2/c1-4-16(2,3)18-15(19)11-17-10-13-9-12-7-5-6-8-14(12)20-13/h5-8,13,17H,4,9-11H2,1-3H3,(H,18,19). The fraction of sp³-hybridized carbons (Fsp3) is 0.562. The number of para-hydroxylation sites is 1. The summed E-state index contributed by atoms with van der Waals surface area (Å²) in [6.45, 7) is 7.15. The number of benzene rings is 1. The van der Waals surface area contributed by atoms with Crippen LogP contribution in [0.15, 0.2) is 24.3 Å². The second-order valence-corrected chi connectivity index (χ2v) is 5.97. The number of fused-ring (bicyclic) bond motifs is 1. The fourth-order valence-electron chi connectivity index (χ4n) is 2.22. The van der Waals surface area contributed by atoms with Gasteiger partial charge in [-0.1, -0.05) is 25.1 Å². The van der Waals surface area contributed by atoms with Crippen LogP contribution in [0.1, 0.15) is 32.8 Å². The van der Waals surface area contributed by atoms with Crippen molar-refractivity contribution in [3.8, 4) is 5.75 Å². The third-order valence-corrected chi connectivity index (χ3v) is 3.73. The average molecular weight is 276 g/mol. The van der Waals surface area contributed by atoms with Gasteiger partial charge in [0.05, 0.1) is 6.54 Å². The molecule has 0 saturated carbocycles. The number of rotatable bonds is 6. The number of amides is 1. The monoisotopic (exact) mass is 276 g/mol. The van der Waals surface area contributed by atoms with Crippen molar-refractivity contribution in [3.63, 3.8) is 0 Å². The van der Waals surface area contributed by atoms with Crippen molar-refractivity contribution in [1.29, 1.82) is 0 Å². The van der Waals surface area contributed by atoms with Crippen LogP contribution in [-0.2, 0) is 11.2 Å². The molecular formula is C16H24N2O2. The summed E-state index contributed by atoms with van der Waals surface area (Å²) in [5, 5.41) is 6.18. The maximum Gasteiger partial charge on any atom is 0.234 e. The molecule has 0 spiro atoms. The summed E-state index contributed by atoms with van der Waals surface area (Å²) in [5.41, 5.74) is 1.11. The van der Waals surface area contributed by atoms with Crippen LogP contribution in [0.3, 0.4) is 0 Å². The van der Waals surface area contributed by atoms with Gasteiger partial charge in [-0.3, -0.25) is 4.79 Å². The maximum atomic E-state index is 11.8. The van der Waals surface area contributed by atoms with Crippen molar-refractivity contribution in [1.82, 2.24) is 10.6 Å². The number of carbonyl (C=O) groups excluding carboxylic acids is 1. The first-order valence-electron chi connectivity index (χ1n) is 7.26. The highest BCUT2D eigenvalue weighted by molar-refractivity contribution is 5.78. The van der Waals surface area contributed by atoms with E-state index < -0.39 is 0 Å². The van der Waals surface area contributed by atoms with Gasteiger partial charge >= 0.3 is 0 Å². The highest BCUT2D eigenvalue weighted by Gasteiger charge is 2.22. The van der Waals surface area contributed by atoms with Crippen molar-refractivity contribution in [2.24, 2.45) is 0 Å². The first-order chi connectivity index (χ1) is 9.50. The minimum atomic E-state index is -0.140. The van der Waals surface area contributed by atoms with Crippen molar-refractivity contribution < 1.29 is 9.53 Å². The van der Waals surface area contributed by atoms with E-state index in [0.717, 1.165) is 18.6 Å². The van der Waals surface area contributed by atoms with E-state index in [-0.39, 0.29) is 17.6 Å². The van der Waals surface area contributed by atoms with Crippen molar-refractivity contribution >= 4 is 5.91 Å². The predicted octanol–water partition coefficient (Wildman–Crippen LogP) is 1.88. The summed E-state index contributed by atoms with van der Waals surface area (Å²) in [7, 11) is 0. The molecule has 0 bridgehead atoms. The van der Waals surface area contributed by atoms with Gasteiger partial charge in [0, 0.05) is 18.5 Å². The van der Waals surface area contributed by atoms with Crippen LogP contribution in [-0.4, -0.2) is 30.6 Å². The number of nitrogens with one attached hydrogen (secondary N) is 2. The van der Waals surface area contributed by atoms with Gasteiger partial charge < -0.3 is 15.4 Å². The number of hydrogen-bond acceptors (Lipinski definition) is 3. The number of carbonyl (C=O) groups is 1. The largest absolute Gasteiger partial charge is 0.488 e. The van der Waals surface area contributed by atoms with E-state index >= 15 is 0 Å². The first-order valence-corrected chi connectivity index (χ1v) is 7.26. The molecule has 1 aliphatic heterocycles. The summed E-state index contributed by atoms with van der Waals surface area (Å²) in [4.78, 5) is 11.8. The number of hydrogen-bond donors (Lipinski definition) is 2. The molecule has 1 amide bonds. The quantitative estimate of drug-likeness (QED) is 0.834. The van der Waals surface area contributed by atoms with Gasteiger partial charge in [0.2, 0.25) is 5.91 Å². The number of ether oxygens (including phenoxy) is 1. The molecule has 20 heavy (non-hydrogen) atoms. The molecule has 2 N–H and O–H groups in total. The van der Waals surface area contributed by atoms with E-state index in [2.05, 4.69) is 23.6 Å². The Hall–Kier alpha value is -1.55. The molecule has 1 heterocycles. The Kier molecular flexibility index (Phi) is 4.65. The Morgan fingerprint density at radius 3 is 2.85 bits per heavy atom. The normalized spacial score (nSPS) is 17.4. The third kappa shape index (κ3) is 3.97. The molecule has 0 saturated heterocycles. The van der Waals surface area contributed by atoms with Crippen LogP contribution >= 0.6 is 0 Å². The lowest BCUT2D eigenvalue weighted by atomic mass is 10.0. The smallest absolute Gasteiger partial charge is 0.234 e. The van der Waals surface area contributed by atoms with Gasteiger partial charge in [0.15, 0.2) is 0 Å². The lowest BCUT2D eigenvalue weighted by Gasteiger charge is -2.24. The molecule has 0 aromatic heterocycles. The van der Waals surface area contributed by atoms with Crippen LogP contribution in [0.5, 0.6) is 5.75 Å². The minimum absolute atomic E-state index is 0.0346. The Morgan fingerprint density at radius 1 is 1.40 bits per heavy atom. The lowest BCUT2D eigenvalue weighted by molar-refractivity contribution is -0.121. The van der Waals surface area contributed by atoms with Gasteiger partial charge in [-0.2, -0.15) is 0 Å². The van der Waals surface area contributed by atoms with E-state index in [0.29, 0.717) is 13.1 Å². The summed E-state index contributed by atoms with van der Waals surface area (Å²) in [5.74, 6) is 1.00. The molecule has 1 aromatic rings. The summed E-state index contributed by atoms with van der Waals surface area (Å²) >= 11 is 0. The van der Waals surface area contributed by atoms with Crippen LogP contribution in [0.2, 0.25) is 0 Å². The summed E-state index contributed by atoms with van der Waals surface area (Å²) in [6, 6.07) is 8.09. The van der Waals surface area contributed by atoms with Gasteiger partial charge in [0.1, 0.15) is 11.9 Å². The second-order valence-electron chi connectivity index (χ2n) is 5.97. The van der Waals surface area contributed by atoms with E-state index in [1.54, 1.807) is 0 Å². The Morgan fingerprint density at radius 2 is 2.15 bits per heavy atom. The molecule has 110 valence electrons. The van der Waals surface area contributed by atoms with Crippen LogP contribution in [0.4, 0.5) is 0 Å². The van der Waals surface area contributed by atoms with E-state index in [1.807, 2.05) is 32.0 Å². The first kappa shape index (κ1) is 14.9. The van der Waals surface area contributed by atoms with Crippen molar-refractivity contribution in [3.05, 3.63) is 29.8 Å². The van der Waals surface area contributed by atoms with Crippen LogP contribution in [0, 0.1) is 0 Å². The summed E-state index contributed by atoms with van der Waals surface area (Å²) in [6.07, 6.45) is 1.95. The molecule has 0 aliphatic carbocycles. The van der Waals surface area contributed by atoms with Crippen molar-refractivity contribution in [2.45, 2.75) is 45.3 Å². The Labute approximate surface area is 120 Å². The van der Waals surface area contributed by atoms with Gasteiger partial charge in [-0.05, 0) is 31.9 Å². The minimum Gasteiger partial charge on any atom is -0.488 e. The second kappa shape index (κ2) is 6.27. The van der Waals surface area contributed by atoms with E-state index in [4.69, 9.17) is 4.74 Å². The van der Waals surface area contributed by atoms with Gasteiger partial charge in [-0.15, -0.1) is 0 Å². The zero-order chi connectivity index (χ0) is 14.6. The van der Waals surface area contributed by atoms with Gasteiger partial charge in [-0.25, -0.2) is 0 Å². The topological polar surface area (TPSA) is 50.4 Å². The van der Waals surface area contributed by atoms with Gasteiger partial charge in [0.25, 0.3) is 0 Å². The molecule has 0 fully saturated rings. The molecule has 1 atom stereocenters. The van der Waals surface area contributed by atoms with Crippen LogP contribution in [0.25, 0.3) is 0 Å². The molecule has 4 nitrogen and oxygen atoms in total. The SMILES string of the molecule is CCC(C)(C)NC(=O)CNCC1Cc2ccccc2O1. The zero-order valence-corrected chi connectivity index (χ0v) is 12.5. The predicted molar refractivity (Wildman–Crippen MR) is 79.9 cm³/mol. The molecular weight excluding hydrogens is 252 g/mol. The molecule has 2 rings (SSSR count). The Bertz CT molecular complexity index is 446. The highest BCUT2D eigenvalue weighted by atomic mass is 16.5. The molecule has 0 radical (unpaired) electrons. The zero-order valence-electron chi connectivity index (χ0n) is 12.5. The maximum absolute atomic E-state index is 11.8. The highest BCUT2D eigenvalue weighted by Crippen LogP contribution is 2.27. The fourth-order valence-corrected chi connectivity index (χ4v) is 2.22. The molecule has 1 aliphatic rings. The van der Waals surface area contributed by atoms with Crippen molar-refractivity contribution in [2.75, 3.05) is 13.1 Å². The summed E-state index contributed by atoms with van der Waals surface area (Å²) < 4.78 is 5.82. The van der Waals surface area contributed by atoms with Crippen LogP contribution < -0.4 is 15.4 Å². The van der Waals surface area contributed by atoms with E-state index in [1.165, 1.54) is 5.56 Å². The average Bonchev–Trinajstić information content (AvgIpc) is 2.80. The molecule has 1 unspecified atom stereocenters. The molecule has 4 heteroatoms. The Balaban J connectivity index is 1.69. The van der Waals surface area contributed by atoms with E-state index in [9.17, 15) is 4.79 Å². The molecule has 1 aromatic carbocycles. The third-order valence-electron chi connectivity index (χ3n) is 3.73.